The standard InChI is InChI=1S/C25H31N5O4/c1-33-25-17(14-16-8-5-6-9-18(16)30-25)20-15-27-23(28-20)19(10-3-2-4-12-22(26)31)29-24(32)21-11-7-13-34-21/h5-6,8-9,14-15,19,21H,2-4,7,10-13H2,1H3,(H2,26,31)(H,27,28)(H,29,32)/t19-,21?/m0/s1. The number of rotatable bonds is 11. The van der Waals surface area contributed by atoms with Crippen molar-refractivity contribution in [2.24, 2.45) is 5.73 Å². The fourth-order valence-electron chi connectivity index (χ4n) is 4.25. The van der Waals surface area contributed by atoms with Crippen molar-refractivity contribution in [3.8, 4) is 17.1 Å². The molecule has 1 fully saturated rings. The fourth-order valence-corrected chi connectivity index (χ4v) is 4.25. The molecule has 9 nitrogen and oxygen atoms in total. The van der Waals surface area contributed by atoms with Crippen molar-refractivity contribution in [3.63, 3.8) is 0 Å². The number of hydrogen-bond acceptors (Lipinski definition) is 6. The number of nitrogens with zero attached hydrogens (tertiary/aromatic N) is 2. The third kappa shape index (κ3) is 5.72. The summed E-state index contributed by atoms with van der Waals surface area (Å²) in [5.41, 5.74) is 7.64. The van der Waals surface area contributed by atoms with E-state index in [0.29, 0.717) is 31.2 Å². The van der Waals surface area contributed by atoms with Crippen molar-refractivity contribution in [3.05, 3.63) is 42.4 Å². The predicted octanol–water partition coefficient (Wildman–Crippen LogP) is 3.41. The van der Waals surface area contributed by atoms with E-state index in [0.717, 1.165) is 54.3 Å². The van der Waals surface area contributed by atoms with Crippen molar-refractivity contribution in [2.75, 3.05) is 13.7 Å². The SMILES string of the molecule is COc1nc2ccccc2cc1-c1cnc([C@H](CCCCCC(N)=O)NC(=O)C2CCCO2)[nH]1. The van der Waals surface area contributed by atoms with Gasteiger partial charge in [0.15, 0.2) is 0 Å². The van der Waals surface area contributed by atoms with Gasteiger partial charge in [-0.2, -0.15) is 0 Å². The Bertz CT molecular complexity index is 1140. The van der Waals surface area contributed by atoms with Gasteiger partial charge in [0, 0.05) is 18.4 Å². The molecule has 1 aliphatic rings. The molecule has 4 N–H and O–H groups in total. The molecule has 3 aromatic rings. The Labute approximate surface area is 198 Å². The van der Waals surface area contributed by atoms with E-state index >= 15 is 0 Å². The molecule has 2 amide bonds. The number of para-hydroxylation sites is 1. The van der Waals surface area contributed by atoms with Gasteiger partial charge in [0.2, 0.25) is 17.7 Å². The Balaban J connectivity index is 1.54. The predicted molar refractivity (Wildman–Crippen MR) is 128 cm³/mol. The number of H-pyrrole nitrogens is 1. The second kappa shape index (κ2) is 11.1. The molecule has 2 atom stereocenters. The molecule has 1 aromatic carbocycles. The van der Waals surface area contributed by atoms with Crippen LogP contribution < -0.4 is 15.8 Å². The zero-order chi connectivity index (χ0) is 23.9. The second-order valence-electron chi connectivity index (χ2n) is 8.55. The molecule has 0 spiro atoms. The number of unbranched alkanes of at least 4 members (excludes halogenated alkanes) is 2. The first kappa shape index (κ1) is 23.7. The summed E-state index contributed by atoms with van der Waals surface area (Å²) in [5.74, 6) is 0.742. The molecule has 180 valence electrons. The molecule has 4 rings (SSSR count). The molecule has 0 aliphatic carbocycles. The molecule has 2 aromatic heterocycles. The maximum Gasteiger partial charge on any atom is 0.249 e. The number of carbonyl (C=O) groups excluding carboxylic acids is 2. The summed E-state index contributed by atoms with van der Waals surface area (Å²) in [4.78, 5) is 36.3. The fraction of sp³-hybridized carbons (Fsp3) is 0.440. The van der Waals surface area contributed by atoms with E-state index in [2.05, 4.69) is 20.3 Å². The van der Waals surface area contributed by atoms with Crippen molar-refractivity contribution in [2.45, 2.75) is 57.1 Å². The van der Waals surface area contributed by atoms with Crippen molar-refractivity contribution in [1.82, 2.24) is 20.3 Å². The third-order valence-corrected chi connectivity index (χ3v) is 6.05. The van der Waals surface area contributed by atoms with Crippen LogP contribution in [0.25, 0.3) is 22.2 Å². The highest BCUT2D eigenvalue weighted by Gasteiger charge is 2.27. The van der Waals surface area contributed by atoms with Gasteiger partial charge in [0.1, 0.15) is 11.9 Å². The van der Waals surface area contributed by atoms with Gasteiger partial charge >= 0.3 is 0 Å². The monoisotopic (exact) mass is 465 g/mol. The average molecular weight is 466 g/mol. The van der Waals surface area contributed by atoms with Crippen molar-refractivity contribution in [1.29, 1.82) is 0 Å². The lowest BCUT2D eigenvalue weighted by Gasteiger charge is -2.19. The van der Waals surface area contributed by atoms with Gasteiger partial charge in [-0.1, -0.05) is 31.0 Å². The minimum Gasteiger partial charge on any atom is -0.480 e. The van der Waals surface area contributed by atoms with Crippen LogP contribution in [0.3, 0.4) is 0 Å². The number of amides is 2. The largest absolute Gasteiger partial charge is 0.480 e. The van der Waals surface area contributed by atoms with E-state index in [9.17, 15) is 9.59 Å². The van der Waals surface area contributed by atoms with E-state index in [1.165, 1.54) is 0 Å². The Morgan fingerprint density at radius 1 is 1.29 bits per heavy atom. The molecule has 0 bridgehead atoms. The number of carbonyl (C=O) groups is 2. The summed E-state index contributed by atoms with van der Waals surface area (Å²) < 4.78 is 11.1. The molecule has 34 heavy (non-hydrogen) atoms. The maximum atomic E-state index is 12.8. The van der Waals surface area contributed by atoms with Crippen LogP contribution in [0.2, 0.25) is 0 Å². The zero-order valence-corrected chi connectivity index (χ0v) is 19.4. The van der Waals surface area contributed by atoms with Gasteiger partial charge < -0.3 is 25.5 Å². The first-order valence-corrected chi connectivity index (χ1v) is 11.7. The summed E-state index contributed by atoms with van der Waals surface area (Å²) in [6.07, 6.45) is 6.36. The first-order valence-electron chi connectivity index (χ1n) is 11.7. The zero-order valence-electron chi connectivity index (χ0n) is 19.4. The van der Waals surface area contributed by atoms with Gasteiger partial charge in [-0.15, -0.1) is 0 Å². The van der Waals surface area contributed by atoms with Crippen LogP contribution in [0.15, 0.2) is 36.5 Å². The van der Waals surface area contributed by atoms with Crippen LogP contribution in [-0.4, -0.2) is 46.6 Å². The van der Waals surface area contributed by atoms with Gasteiger partial charge in [-0.3, -0.25) is 9.59 Å². The van der Waals surface area contributed by atoms with Crippen LogP contribution in [0.5, 0.6) is 5.88 Å². The average Bonchev–Trinajstić information content (AvgIpc) is 3.55. The van der Waals surface area contributed by atoms with E-state index in [-0.39, 0.29) is 17.9 Å². The van der Waals surface area contributed by atoms with E-state index in [1.807, 2.05) is 30.3 Å². The highest BCUT2D eigenvalue weighted by Crippen LogP contribution is 2.31. The number of imidazole rings is 1. The van der Waals surface area contributed by atoms with Crippen LogP contribution in [0.1, 0.15) is 56.8 Å². The number of fused-ring (bicyclic) bond motifs is 1. The number of aromatic amines is 1. The molecule has 1 aliphatic heterocycles. The smallest absolute Gasteiger partial charge is 0.249 e. The first-order chi connectivity index (χ1) is 16.5. The lowest BCUT2D eigenvalue weighted by atomic mass is 10.1. The molecule has 9 heteroatoms. The molecule has 3 heterocycles. The summed E-state index contributed by atoms with van der Waals surface area (Å²) in [7, 11) is 1.59. The Kier molecular flexibility index (Phi) is 7.74. The van der Waals surface area contributed by atoms with Crippen molar-refractivity contribution < 1.29 is 19.1 Å². The highest BCUT2D eigenvalue weighted by molar-refractivity contribution is 5.85. The van der Waals surface area contributed by atoms with Gasteiger partial charge in [0.05, 0.1) is 36.1 Å². The number of ether oxygens (including phenoxy) is 2. The van der Waals surface area contributed by atoms with Crippen LogP contribution in [0.4, 0.5) is 0 Å². The minimum atomic E-state index is -0.420. The van der Waals surface area contributed by atoms with E-state index in [1.54, 1.807) is 13.3 Å². The number of aromatic nitrogens is 3. The number of nitrogens with one attached hydrogen (secondary N) is 2. The maximum absolute atomic E-state index is 12.8. The van der Waals surface area contributed by atoms with Gasteiger partial charge in [0.25, 0.3) is 0 Å². The number of pyridine rings is 1. The molecule has 0 saturated carbocycles. The quantitative estimate of drug-likeness (QED) is 0.372. The number of hydrogen-bond donors (Lipinski definition) is 3. The van der Waals surface area contributed by atoms with Crippen LogP contribution in [0, 0.1) is 0 Å². The minimum absolute atomic E-state index is 0.123. The number of methoxy groups -OCH3 is 1. The summed E-state index contributed by atoms with van der Waals surface area (Å²) >= 11 is 0. The normalized spacial score (nSPS) is 16.4. The highest BCUT2D eigenvalue weighted by atomic mass is 16.5. The molecular weight excluding hydrogens is 434 g/mol. The molecular formula is C25H31N5O4. The van der Waals surface area contributed by atoms with Crippen molar-refractivity contribution >= 4 is 22.7 Å². The number of nitrogens with two attached hydrogens (primary N) is 1. The van der Waals surface area contributed by atoms with Gasteiger partial charge in [-0.05, 0) is 37.8 Å². The lowest BCUT2D eigenvalue weighted by Crippen LogP contribution is -2.37. The van der Waals surface area contributed by atoms with E-state index in [4.69, 9.17) is 15.2 Å². The third-order valence-electron chi connectivity index (χ3n) is 6.05. The summed E-state index contributed by atoms with van der Waals surface area (Å²) in [6.45, 7) is 0.607. The topological polar surface area (TPSA) is 132 Å². The second-order valence-corrected chi connectivity index (χ2v) is 8.55. The number of benzene rings is 1. The summed E-state index contributed by atoms with van der Waals surface area (Å²) in [5, 5.41) is 4.09. The van der Waals surface area contributed by atoms with Gasteiger partial charge in [-0.25, -0.2) is 9.97 Å². The Morgan fingerprint density at radius 3 is 2.91 bits per heavy atom. The Morgan fingerprint density at radius 2 is 2.15 bits per heavy atom. The number of primary amides is 1. The van der Waals surface area contributed by atoms with Crippen LogP contribution >= 0.6 is 0 Å². The molecule has 1 saturated heterocycles. The van der Waals surface area contributed by atoms with E-state index < -0.39 is 6.10 Å². The lowest BCUT2D eigenvalue weighted by molar-refractivity contribution is -0.131. The Hall–Kier alpha value is -3.46. The van der Waals surface area contributed by atoms with Crippen LogP contribution in [-0.2, 0) is 14.3 Å². The molecule has 0 radical (unpaired) electrons. The molecule has 1 unspecified atom stereocenters. The summed E-state index contributed by atoms with van der Waals surface area (Å²) in [6, 6.07) is 9.55.